The van der Waals surface area contributed by atoms with Crippen LogP contribution >= 0.6 is 0 Å². The highest BCUT2D eigenvalue weighted by atomic mass is 16.5. The molecule has 0 atom stereocenters. The van der Waals surface area contributed by atoms with Crippen molar-refractivity contribution in [3.63, 3.8) is 0 Å². The van der Waals surface area contributed by atoms with Gasteiger partial charge in [-0.3, -0.25) is 0 Å². The largest absolute Gasteiger partial charge is 0.491 e. The van der Waals surface area contributed by atoms with Crippen molar-refractivity contribution < 1.29 is 28.7 Å². The summed E-state index contributed by atoms with van der Waals surface area (Å²) in [6.07, 6.45) is 6.81. The molecular formula is C23H38N2O6. The van der Waals surface area contributed by atoms with Gasteiger partial charge in [0.15, 0.2) is 0 Å². The first-order valence-corrected chi connectivity index (χ1v) is 11.2. The molecule has 2 N–H and O–H groups in total. The maximum Gasteiger partial charge on any atom is 0.251 e. The van der Waals surface area contributed by atoms with Crippen LogP contribution < -0.4 is 0 Å². The summed E-state index contributed by atoms with van der Waals surface area (Å²) in [4.78, 5) is 0. The lowest BCUT2D eigenvalue weighted by molar-refractivity contribution is 0.0785. The maximum absolute atomic E-state index is 9.32. The Morgan fingerprint density at radius 2 is 1.06 bits per heavy atom. The first-order chi connectivity index (χ1) is 14.7. The van der Waals surface area contributed by atoms with Gasteiger partial charge >= 0.3 is 0 Å². The molecule has 2 heterocycles. The molecule has 0 saturated carbocycles. The second-order valence-corrected chi connectivity index (χ2v) is 9.36. The second-order valence-electron chi connectivity index (χ2n) is 9.36. The van der Waals surface area contributed by atoms with Gasteiger partial charge in [0, 0.05) is 49.4 Å². The van der Waals surface area contributed by atoms with Crippen LogP contribution in [-0.4, -0.2) is 47.0 Å². The average Bonchev–Trinajstić information content (AvgIpc) is 3.34. The molecule has 0 amide bonds. The zero-order chi connectivity index (χ0) is 22.7. The number of aromatic nitrogens is 2. The summed E-state index contributed by atoms with van der Waals surface area (Å²) >= 11 is 0. The molecular weight excluding hydrogens is 400 g/mol. The van der Waals surface area contributed by atoms with E-state index in [2.05, 4.69) is 38.0 Å². The van der Waals surface area contributed by atoms with Gasteiger partial charge in [0.25, 0.3) is 11.8 Å². The van der Waals surface area contributed by atoms with Crippen LogP contribution in [0.1, 0.15) is 84.2 Å². The van der Waals surface area contributed by atoms with E-state index in [4.69, 9.17) is 18.5 Å². The Morgan fingerprint density at radius 3 is 1.42 bits per heavy atom. The van der Waals surface area contributed by atoms with Gasteiger partial charge in [0.05, 0.1) is 0 Å². The highest BCUT2D eigenvalue weighted by Crippen LogP contribution is 2.31. The van der Waals surface area contributed by atoms with Crippen LogP contribution in [0.25, 0.3) is 0 Å². The molecule has 8 nitrogen and oxygen atoms in total. The molecule has 0 radical (unpaired) electrons. The minimum atomic E-state index is -0.145. The monoisotopic (exact) mass is 438 g/mol. The van der Waals surface area contributed by atoms with Gasteiger partial charge in [-0.25, -0.2) is 0 Å². The van der Waals surface area contributed by atoms with Gasteiger partial charge in [-0.2, -0.15) is 0 Å². The first-order valence-electron chi connectivity index (χ1n) is 11.2. The van der Waals surface area contributed by atoms with Crippen molar-refractivity contribution >= 4 is 0 Å². The number of nitrogens with zero attached hydrogens (tertiary/aromatic N) is 2. The molecule has 0 unspecified atom stereocenters. The molecule has 0 aliphatic heterocycles. The zero-order valence-electron chi connectivity index (χ0n) is 19.4. The molecule has 0 aliphatic rings. The lowest BCUT2D eigenvalue weighted by atomic mass is 9.85. The standard InChI is InChI=1S/C23H38N2O6/c1-22(2,18-16-20(26)24-30-18)10-5-7-12-28-14-9-15-29-13-8-6-11-23(3,4)19-17-21(27)25-31-19/h16-17H,5-15H2,1-4H3,(H,24,26)(H,25,27). The number of aromatic hydroxyl groups is 2. The van der Waals surface area contributed by atoms with E-state index in [1.165, 1.54) is 0 Å². The van der Waals surface area contributed by atoms with Crippen LogP contribution in [0.3, 0.4) is 0 Å². The van der Waals surface area contributed by atoms with Crippen molar-refractivity contribution in [1.29, 1.82) is 0 Å². The van der Waals surface area contributed by atoms with Gasteiger partial charge in [-0.15, -0.1) is 0 Å². The van der Waals surface area contributed by atoms with E-state index in [1.807, 2.05) is 0 Å². The fourth-order valence-corrected chi connectivity index (χ4v) is 3.43. The van der Waals surface area contributed by atoms with E-state index < -0.39 is 0 Å². The SMILES string of the molecule is CC(C)(CCCCOCCCOCCCCC(C)(C)c1cc(O)no1)c1cc(O)no1. The van der Waals surface area contributed by atoms with Crippen molar-refractivity contribution in [3.05, 3.63) is 23.7 Å². The minimum Gasteiger partial charge on any atom is -0.491 e. The summed E-state index contributed by atoms with van der Waals surface area (Å²) in [6.45, 7) is 11.3. The van der Waals surface area contributed by atoms with Crippen LogP contribution in [0, 0.1) is 0 Å². The molecule has 0 bridgehead atoms. The van der Waals surface area contributed by atoms with Gasteiger partial charge in [-0.05, 0) is 42.4 Å². The summed E-state index contributed by atoms with van der Waals surface area (Å²) in [6, 6.07) is 3.17. The normalized spacial score (nSPS) is 12.5. The fourth-order valence-electron chi connectivity index (χ4n) is 3.43. The lowest BCUT2D eigenvalue weighted by Gasteiger charge is -2.20. The van der Waals surface area contributed by atoms with Crippen molar-refractivity contribution in [3.8, 4) is 11.8 Å². The predicted octanol–water partition coefficient (Wildman–Crippen LogP) is 5.09. The molecule has 176 valence electrons. The van der Waals surface area contributed by atoms with Gasteiger partial charge in [0.1, 0.15) is 11.5 Å². The topological polar surface area (TPSA) is 111 Å². The number of ether oxygens (including phenoxy) is 2. The first kappa shape index (κ1) is 25.2. The molecule has 0 saturated heterocycles. The zero-order valence-corrected chi connectivity index (χ0v) is 19.4. The van der Waals surface area contributed by atoms with Gasteiger partial charge in [0.2, 0.25) is 0 Å². The highest BCUT2D eigenvalue weighted by molar-refractivity contribution is 5.17. The number of unbranched alkanes of at least 4 members (excludes halogenated alkanes) is 2. The molecule has 0 fully saturated rings. The number of hydrogen-bond acceptors (Lipinski definition) is 8. The Kier molecular flexibility index (Phi) is 9.84. The van der Waals surface area contributed by atoms with E-state index >= 15 is 0 Å². The quantitative estimate of drug-likeness (QED) is 0.349. The number of hydrogen-bond donors (Lipinski definition) is 2. The van der Waals surface area contributed by atoms with Crippen LogP contribution in [-0.2, 0) is 20.3 Å². The predicted molar refractivity (Wildman–Crippen MR) is 116 cm³/mol. The van der Waals surface area contributed by atoms with Gasteiger partial charge < -0.3 is 28.7 Å². The second kappa shape index (κ2) is 12.1. The third kappa shape index (κ3) is 8.91. The Hall–Kier alpha value is -2.06. The molecule has 0 aliphatic carbocycles. The molecule has 2 rings (SSSR count). The van der Waals surface area contributed by atoms with E-state index in [-0.39, 0.29) is 22.6 Å². The van der Waals surface area contributed by atoms with Crippen LogP contribution in [0.5, 0.6) is 11.8 Å². The van der Waals surface area contributed by atoms with Crippen molar-refractivity contribution in [2.24, 2.45) is 0 Å². The van der Waals surface area contributed by atoms with Crippen LogP contribution in [0.15, 0.2) is 21.2 Å². The smallest absolute Gasteiger partial charge is 0.251 e. The Bertz CT molecular complexity index is 691. The van der Waals surface area contributed by atoms with E-state index in [0.717, 1.165) is 58.2 Å². The minimum absolute atomic E-state index is 0.0648. The molecule has 0 spiro atoms. The van der Waals surface area contributed by atoms with E-state index in [9.17, 15) is 10.2 Å². The van der Waals surface area contributed by atoms with Crippen LogP contribution in [0.2, 0.25) is 0 Å². The average molecular weight is 439 g/mol. The summed E-state index contributed by atoms with van der Waals surface area (Å²) < 4.78 is 21.7. The molecule has 8 heteroatoms. The fraction of sp³-hybridized carbons (Fsp3) is 0.739. The molecule has 31 heavy (non-hydrogen) atoms. The third-order valence-corrected chi connectivity index (χ3v) is 5.59. The summed E-state index contributed by atoms with van der Waals surface area (Å²) in [5.74, 6) is 1.29. The molecule has 0 aromatic carbocycles. The van der Waals surface area contributed by atoms with Gasteiger partial charge in [-0.1, -0.05) is 40.5 Å². The third-order valence-electron chi connectivity index (χ3n) is 5.59. The van der Waals surface area contributed by atoms with E-state index in [1.54, 1.807) is 12.1 Å². The van der Waals surface area contributed by atoms with Crippen molar-refractivity contribution in [2.45, 2.75) is 83.5 Å². The molecule has 2 aromatic heterocycles. The Balaban J connectivity index is 1.40. The summed E-state index contributed by atoms with van der Waals surface area (Å²) in [7, 11) is 0. The maximum atomic E-state index is 9.32. The summed E-state index contributed by atoms with van der Waals surface area (Å²) in [5.41, 5.74) is -0.290. The van der Waals surface area contributed by atoms with E-state index in [0.29, 0.717) is 24.7 Å². The highest BCUT2D eigenvalue weighted by Gasteiger charge is 2.26. The Morgan fingerprint density at radius 1 is 0.677 bits per heavy atom. The number of rotatable bonds is 16. The molecule has 2 aromatic rings. The Labute approximate surface area is 184 Å². The van der Waals surface area contributed by atoms with Crippen molar-refractivity contribution in [1.82, 2.24) is 10.3 Å². The van der Waals surface area contributed by atoms with Crippen molar-refractivity contribution in [2.75, 3.05) is 26.4 Å². The van der Waals surface area contributed by atoms with Crippen LogP contribution in [0.4, 0.5) is 0 Å². The lowest BCUT2D eigenvalue weighted by Crippen LogP contribution is -2.16. The summed E-state index contributed by atoms with van der Waals surface area (Å²) in [5, 5.41) is 25.7.